The molecular weight excluding hydrogens is 368 g/mol. The van der Waals surface area contributed by atoms with E-state index < -0.39 is 6.04 Å². The van der Waals surface area contributed by atoms with Crippen LogP contribution in [0.1, 0.15) is 53.6 Å². The molecule has 3 aliphatic heterocycles. The molecule has 7 heteroatoms. The van der Waals surface area contributed by atoms with E-state index in [0.29, 0.717) is 24.4 Å². The van der Waals surface area contributed by atoms with Crippen molar-refractivity contribution in [2.75, 3.05) is 13.1 Å². The Hall–Kier alpha value is -2.25. The Kier molecular flexibility index (Phi) is 4.67. The summed E-state index contributed by atoms with van der Waals surface area (Å²) in [4.78, 5) is 40.7. The third-order valence-electron chi connectivity index (χ3n) is 6.97. The van der Waals surface area contributed by atoms with Crippen molar-refractivity contribution in [3.8, 4) is 0 Å². The molecule has 0 aromatic heterocycles. The SMILES string of the molecule is N[C@@H]1CN(Cc2cccc3c2CN(C2CCC(=O)NC2=O)C3=O)C[C@H]1CC1CC1. The number of fused-ring (bicyclic) bond motifs is 1. The van der Waals surface area contributed by atoms with Crippen molar-refractivity contribution in [2.45, 2.75) is 57.3 Å². The first-order valence-corrected chi connectivity index (χ1v) is 10.7. The molecule has 1 aliphatic carbocycles. The lowest BCUT2D eigenvalue weighted by Gasteiger charge is -2.29. The molecule has 1 aromatic carbocycles. The van der Waals surface area contributed by atoms with E-state index in [0.717, 1.165) is 36.7 Å². The van der Waals surface area contributed by atoms with E-state index in [1.54, 1.807) is 4.90 Å². The van der Waals surface area contributed by atoms with E-state index in [1.807, 2.05) is 12.1 Å². The lowest BCUT2D eigenvalue weighted by atomic mass is 9.98. The normalized spacial score (nSPS) is 30.0. The van der Waals surface area contributed by atoms with Crippen molar-refractivity contribution in [2.24, 2.45) is 17.6 Å². The van der Waals surface area contributed by atoms with Crippen LogP contribution in [0.15, 0.2) is 18.2 Å². The van der Waals surface area contributed by atoms with Gasteiger partial charge in [-0.1, -0.05) is 25.0 Å². The second kappa shape index (κ2) is 7.22. The number of imide groups is 1. The summed E-state index contributed by atoms with van der Waals surface area (Å²) in [7, 11) is 0. The molecule has 3 heterocycles. The minimum absolute atomic E-state index is 0.110. The number of carbonyl (C=O) groups excluding carboxylic acids is 3. The summed E-state index contributed by atoms with van der Waals surface area (Å²) in [6, 6.07) is 5.52. The summed E-state index contributed by atoms with van der Waals surface area (Å²) in [6.45, 7) is 3.13. The molecule has 4 aliphatic rings. The summed E-state index contributed by atoms with van der Waals surface area (Å²) >= 11 is 0. The van der Waals surface area contributed by atoms with E-state index in [9.17, 15) is 14.4 Å². The van der Waals surface area contributed by atoms with Gasteiger partial charge in [-0.25, -0.2) is 0 Å². The number of nitrogens with zero attached hydrogens (tertiary/aromatic N) is 2. The van der Waals surface area contributed by atoms with E-state index in [4.69, 9.17) is 5.73 Å². The highest BCUT2D eigenvalue weighted by Gasteiger charge is 2.40. The molecule has 5 rings (SSSR count). The van der Waals surface area contributed by atoms with Crippen LogP contribution in [-0.2, 0) is 22.7 Å². The van der Waals surface area contributed by atoms with Crippen LogP contribution in [0.2, 0.25) is 0 Å². The Labute approximate surface area is 170 Å². The summed E-state index contributed by atoms with van der Waals surface area (Å²) < 4.78 is 0. The average molecular weight is 396 g/mol. The number of likely N-dealkylation sites (tertiary alicyclic amines) is 1. The van der Waals surface area contributed by atoms with Gasteiger partial charge in [-0.3, -0.25) is 24.6 Å². The third kappa shape index (κ3) is 3.57. The summed E-state index contributed by atoms with van der Waals surface area (Å²) in [6.07, 6.45) is 4.62. The van der Waals surface area contributed by atoms with Gasteiger partial charge in [-0.15, -0.1) is 0 Å². The van der Waals surface area contributed by atoms with Crippen molar-refractivity contribution >= 4 is 17.7 Å². The Morgan fingerprint density at radius 2 is 1.93 bits per heavy atom. The number of piperidine rings is 1. The van der Waals surface area contributed by atoms with Gasteiger partial charge >= 0.3 is 0 Å². The topological polar surface area (TPSA) is 95.7 Å². The van der Waals surface area contributed by atoms with Crippen molar-refractivity contribution < 1.29 is 14.4 Å². The number of hydrogen-bond donors (Lipinski definition) is 2. The molecule has 7 nitrogen and oxygen atoms in total. The molecule has 1 aromatic rings. The predicted molar refractivity (Wildman–Crippen MR) is 107 cm³/mol. The van der Waals surface area contributed by atoms with Gasteiger partial charge in [0.1, 0.15) is 6.04 Å². The number of amides is 3. The second-order valence-electron chi connectivity index (χ2n) is 9.14. The smallest absolute Gasteiger partial charge is 0.255 e. The van der Waals surface area contributed by atoms with Crippen LogP contribution in [0.5, 0.6) is 0 Å². The molecule has 3 fully saturated rings. The van der Waals surface area contributed by atoms with E-state index >= 15 is 0 Å². The van der Waals surface area contributed by atoms with Crippen LogP contribution in [0.25, 0.3) is 0 Å². The van der Waals surface area contributed by atoms with E-state index in [-0.39, 0.29) is 30.2 Å². The van der Waals surface area contributed by atoms with Gasteiger partial charge in [0.25, 0.3) is 5.91 Å². The standard InChI is InChI=1S/C22H28N4O3/c23-18-12-25(10-15(18)8-13-4-5-13)9-14-2-1-3-16-17(14)11-26(22(16)29)19-6-7-20(27)24-21(19)28/h1-3,13,15,18-19H,4-12,23H2,(H,24,27,28)/t15-,18-,19?/m1/s1. The lowest BCUT2D eigenvalue weighted by molar-refractivity contribution is -0.136. The monoisotopic (exact) mass is 396 g/mol. The molecule has 0 bridgehead atoms. The maximum Gasteiger partial charge on any atom is 0.255 e. The van der Waals surface area contributed by atoms with Crippen molar-refractivity contribution in [3.05, 3.63) is 34.9 Å². The number of rotatable bonds is 5. The van der Waals surface area contributed by atoms with Crippen LogP contribution in [0.4, 0.5) is 0 Å². The van der Waals surface area contributed by atoms with Crippen LogP contribution >= 0.6 is 0 Å². The fourth-order valence-electron chi connectivity index (χ4n) is 5.19. The van der Waals surface area contributed by atoms with E-state index in [2.05, 4.69) is 16.3 Å². The van der Waals surface area contributed by atoms with Crippen molar-refractivity contribution in [3.63, 3.8) is 0 Å². The highest BCUT2D eigenvalue weighted by Crippen LogP contribution is 2.38. The zero-order valence-electron chi connectivity index (χ0n) is 16.6. The number of nitrogens with two attached hydrogens (primary N) is 1. The molecule has 3 N–H and O–H groups in total. The first-order chi connectivity index (χ1) is 14.0. The number of benzene rings is 1. The van der Waals surface area contributed by atoms with Crippen LogP contribution in [-0.4, -0.2) is 52.7 Å². The van der Waals surface area contributed by atoms with Gasteiger partial charge in [-0.2, -0.15) is 0 Å². The number of carbonyl (C=O) groups is 3. The number of hydrogen-bond acceptors (Lipinski definition) is 5. The fraction of sp³-hybridized carbons (Fsp3) is 0.591. The van der Waals surface area contributed by atoms with Gasteiger partial charge in [0, 0.05) is 44.2 Å². The predicted octanol–water partition coefficient (Wildman–Crippen LogP) is 1.01. The second-order valence-corrected chi connectivity index (χ2v) is 9.14. The zero-order chi connectivity index (χ0) is 20.1. The quantitative estimate of drug-likeness (QED) is 0.724. The van der Waals surface area contributed by atoms with Crippen LogP contribution in [0.3, 0.4) is 0 Å². The minimum Gasteiger partial charge on any atom is -0.326 e. The fourth-order valence-corrected chi connectivity index (χ4v) is 5.19. The average Bonchev–Trinajstić information content (AvgIpc) is 3.35. The van der Waals surface area contributed by atoms with Gasteiger partial charge in [-0.05, 0) is 41.9 Å². The molecule has 0 spiro atoms. The first-order valence-electron chi connectivity index (χ1n) is 10.7. The highest BCUT2D eigenvalue weighted by atomic mass is 16.2. The lowest BCUT2D eigenvalue weighted by Crippen LogP contribution is -2.52. The molecule has 3 amide bonds. The van der Waals surface area contributed by atoms with Crippen molar-refractivity contribution in [1.29, 1.82) is 0 Å². The van der Waals surface area contributed by atoms with Gasteiger partial charge in [0.05, 0.1) is 0 Å². The third-order valence-corrected chi connectivity index (χ3v) is 6.97. The molecule has 154 valence electrons. The molecule has 0 radical (unpaired) electrons. The van der Waals surface area contributed by atoms with Gasteiger partial charge in [0.15, 0.2) is 0 Å². The Morgan fingerprint density at radius 1 is 1.10 bits per heavy atom. The maximum atomic E-state index is 13.0. The Morgan fingerprint density at radius 3 is 2.69 bits per heavy atom. The number of nitrogens with one attached hydrogen (secondary N) is 1. The molecule has 1 unspecified atom stereocenters. The first kappa shape index (κ1) is 18.8. The molecule has 29 heavy (non-hydrogen) atoms. The van der Waals surface area contributed by atoms with Gasteiger partial charge < -0.3 is 10.6 Å². The van der Waals surface area contributed by atoms with Gasteiger partial charge in [0.2, 0.25) is 11.8 Å². The maximum absolute atomic E-state index is 13.0. The molecular formula is C22H28N4O3. The molecule has 1 saturated carbocycles. The Bertz CT molecular complexity index is 866. The van der Waals surface area contributed by atoms with Crippen LogP contribution < -0.4 is 11.1 Å². The molecule has 2 saturated heterocycles. The van der Waals surface area contributed by atoms with Crippen molar-refractivity contribution in [1.82, 2.24) is 15.1 Å². The van der Waals surface area contributed by atoms with E-state index in [1.165, 1.54) is 19.3 Å². The summed E-state index contributed by atoms with van der Waals surface area (Å²) in [5.74, 6) is 0.716. The minimum atomic E-state index is -0.566. The largest absolute Gasteiger partial charge is 0.326 e. The van der Waals surface area contributed by atoms with Crippen LogP contribution in [0, 0.1) is 11.8 Å². The summed E-state index contributed by atoms with van der Waals surface area (Å²) in [5, 5.41) is 2.36. The Balaban J connectivity index is 1.30. The summed E-state index contributed by atoms with van der Waals surface area (Å²) in [5.41, 5.74) is 9.25. The molecule has 3 atom stereocenters. The highest BCUT2D eigenvalue weighted by molar-refractivity contribution is 6.05. The zero-order valence-corrected chi connectivity index (χ0v) is 16.6.